The molecule has 0 spiro atoms. The molecule has 16 heavy (non-hydrogen) atoms. The van der Waals surface area contributed by atoms with Gasteiger partial charge in [0, 0.05) is 5.56 Å². The normalized spacial score (nSPS) is 10.4. The van der Waals surface area contributed by atoms with E-state index in [4.69, 9.17) is 11.5 Å². The Labute approximate surface area is 95.9 Å². The lowest BCUT2D eigenvalue weighted by molar-refractivity contribution is 1.34. The Morgan fingerprint density at radius 2 is 1.56 bits per heavy atom. The molecular formula is C14H16N2. The van der Waals surface area contributed by atoms with Crippen molar-refractivity contribution in [1.82, 2.24) is 0 Å². The molecule has 0 bridgehead atoms. The van der Waals surface area contributed by atoms with E-state index in [2.05, 4.69) is 26.0 Å². The second-order valence-corrected chi connectivity index (χ2v) is 4.06. The molecule has 0 aromatic heterocycles. The molecule has 2 rings (SSSR count). The maximum absolute atomic E-state index is 6.06. The highest BCUT2D eigenvalue weighted by Gasteiger charge is 2.10. The van der Waals surface area contributed by atoms with Gasteiger partial charge in [-0.3, -0.25) is 0 Å². The van der Waals surface area contributed by atoms with Gasteiger partial charge in [0.1, 0.15) is 0 Å². The fraction of sp³-hybridized carbons (Fsp3) is 0.143. The summed E-state index contributed by atoms with van der Waals surface area (Å²) in [6.45, 7) is 4.13. The fourth-order valence-electron chi connectivity index (χ4n) is 1.94. The number of rotatable bonds is 1. The molecule has 0 saturated carbocycles. The topological polar surface area (TPSA) is 52.0 Å². The van der Waals surface area contributed by atoms with Crippen LogP contribution in [-0.4, -0.2) is 0 Å². The predicted molar refractivity (Wildman–Crippen MR) is 70.2 cm³/mol. The van der Waals surface area contributed by atoms with E-state index in [-0.39, 0.29) is 0 Å². The van der Waals surface area contributed by atoms with E-state index >= 15 is 0 Å². The lowest BCUT2D eigenvalue weighted by atomic mass is 9.94. The van der Waals surface area contributed by atoms with Gasteiger partial charge in [0.2, 0.25) is 0 Å². The molecule has 0 fully saturated rings. The molecule has 2 aromatic rings. The quantitative estimate of drug-likeness (QED) is 0.713. The number of anilines is 2. The van der Waals surface area contributed by atoms with Crippen molar-refractivity contribution in [3.05, 3.63) is 47.5 Å². The van der Waals surface area contributed by atoms with Gasteiger partial charge in [-0.05, 0) is 36.6 Å². The smallest absolute Gasteiger partial charge is 0.0630 e. The maximum Gasteiger partial charge on any atom is 0.0630 e. The molecule has 0 aliphatic rings. The van der Waals surface area contributed by atoms with Crippen molar-refractivity contribution < 1.29 is 0 Å². The SMILES string of the molecule is Cc1cc(N)c(N)c(-c2ccccc2)c1C. The van der Waals surface area contributed by atoms with Gasteiger partial charge in [0.25, 0.3) is 0 Å². The molecule has 0 radical (unpaired) electrons. The predicted octanol–water partition coefficient (Wildman–Crippen LogP) is 3.13. The van der Waals surface area contributed by atoms with Crippen molar-refractivity contribution in [2.24, 2.45) is 0 Å². The third-order valence-corrected chi connectivity index (χ3v) is 2.98. The Balaban J connectivity index is 2.74. The molecule has 0 heterocycles. The highest BCUT2D eigenvalue weighted by molar-refractivity contribution is 5.87. The Hall–Kier alpha value is -1.96. The summed E-state index contributed by atoms with van der Waals surface area (Å²) in [4.78, 5) is 0. The van der Waals surface area contributed by atoms with Gasteiger partial charge in [-0.25, -0.2) is 0 Å². The minimum atomic E-state index is 0.655. The minimum absolute atomic E-state index is 0.655. The van der Waals surface area contributed by atoms with Gasteiger partial charge in [-0.2, -0.15) is 0 Å². The van der Waals surface area contributed by atoms with Crippen molar-refractivity contribution in [3.63, 3.8) is 0 Å². The van der Waals surface area contributed by atoms with E-state index < -0.39 is 0 Å². The molecule has 0 aliphatic carbocycles. The van der Waals surface area contributed by atoms with Crippen LogP contribution in [0.4, 0.5) is 11.4 Å². The van der Waals surface area contributed by atoms with Crippen molar-refractivity contribution >= 4 is 11.4 Å². The van der Waals surface area contributed by atoms with E-state index in [0.29, 0.717) is 11.4 Å². The van der Waals surface area contributed by atoms with Crippen molar-refractivity contribution in [2.75, 3.05) is 11.5 Å². The number of hydrogen-bond donors (Lipinski definition) is 2. The maximum atomic E-state index is 6.06. The summed E-state index contributed by atoms with van der Waals surface area (Å²) in [7, 11) is 0. The second kappa shape index (κ2) is 3.89. The lowest BCUT2D eigenvalue weighted by Crippen LogP contribution is -2.01. The van der Waals surface area contributed by atoms with Gasteiger partial charge in [0.05, 0.1) is 11.4 Å². The third-order valence-electron chi connectivity index (χ3n) is 2.98. The van der Waals surface area contributed by atoms with E-state index in [1.54, 1.807) is 0 Å². The Morgan fingerprint density at radius 1 is 0.938 bits per heavy atom. The van der Waals surface area contributed by atoms with Gasteiger partial charge in [-0.1, -0.05) is 30.3 Å². The van der Waals surface area contributed by atoms with Gasteiger partial charge < -0.3 is 11.5 Å². The number of nitrogen functional groups attached to an aromatic ring is 2. The fourth-order valence-corrected chi connectivity index (χ4v) is 1.94. The molecule has 0 unspecified atom stereocenters. The van der Waals surface area contributed by atoms with Crippen molar-refractivity contribution in [2.45, 2.75) is 13.8 Å². The van der Waals surface area contributed by atoms with Crippen LogP contribution in [0, 0.1) is 13.8 Å². The van der Waals surface area contributed by atoms with Crippen LogP contribution in [-0.2, 0) is 0 Å². The largest absolute Gasteiger partial charge is 0.397 e. The highest BCUT2D eigenvalue weighted by Crippen LogP contribution is 2.35. The van der Waals surface area contributed by atoms with Crippen LogP contribution >= 0.6 is 0 Å². The summed E-state index contributed by atoms with van der Waals surface area (Å²) >= 11 is 0. The summed E-state index contributed by atoms with van der Waals surface area (Å²) in [6.07, 6.45) is 0. The van der Waals surface area contributed by atoms with Crippen LogP contribution in [0.2, 0.25) is 0 Å². The van der Waals surface area contributed by atoms with Crippen LogP contribution in [0.1, 0.15) is 11.1 Å². The average Bonchev–Trinajstić information content (AvgIpc) is 2.28. The summed E-state index contributed by atoms with van der Waals surface area (Å²) in [5, 5.41) is 0. The zero-order valence-electron chi connectivity index (χ0n) is 9.62. The second-order valence-electron chi connectivity index (χ2n) is 4.06. The van der Waals surface area contributed by atoms with Gasteiger partial charge in [-0.15, -0.1) is 0 Å². The lowest BCUT2D eigenvalue weighted by Gasteiger charge is -2.14. The van der Waals surface area contributed by atoms with E-state index in [1.165, 1.54) is 11.1 Å². The van der Waals surface area contributed by atoms with E-state index in [0.717, 1.165) is 11.1 Å². The zero-order valence-corrected chi connectivity index (χ0v) is 9.62. The van der Waals surface area contributed by atoms with Crippen molar-refractivity contribution in [3.8, 4) is 11.1 Å². The zero-order chi connectivity index (χ0) is 11.7. The molecule has 0 atom stereocenters. The molecule has 0 aliphatic heterocycles. The first-order valence-corrected chi connectivity index (χ1v) is 5.32. The van der Waals surface area contributed by atoms with Gasteiger partial charge >= 0.3 is 0 Å². The average molecular weight is 212 g/mol. The molecule has 2 aromatic carbocycles. The van der Waals surface area contributed by atoms with Crippen LogP contribution < -0.4 is 11.5 Å². The van der Waals surface area contributed by atoms with Gasteiger partial charge in [0.15, 0.2) is 0 Å². The van der Waals surface area contributed by atoms with Crippen molar-refractivity contribution in [1.29, 1.82) is 0 Å². The van der Waals surface area contributed by atoms with E-state index in [1.807, 2.05) is 24.3 Å². The first-order valence-electron chi connectivity index (χ1n) is 5.32. The van der Waals surface area contributed by atoms with Crippen LogP contribution in [0.5, 0.6) is 0 Å². The molecule has 2 heteroatoms. The highest BCUT2D eigenvalue weighted by atomic mass is 14.7. The molecule has 4 N–H and O–H groups in total. The number of benzene rings is 2. The summed E-state index contributed by atoms with van der Waals surface area (Å²) in [5.41, 5.74) is 17.8. The third kappa shape index (κ3) is 1.63. The summed E-state index contributed by atoms with van der Waals surface area (Å²) in [6, 6.07) is 12.0. The Bertz CT molecular complexity index is 490. The first kappa shape index (κ1) is 10.6. The summed E-state index contributed by atoms with van der Waals surface area (Å²) in [5.74, 6) is 0. The first-order chi connectivity index (χ1) is 7.61. The Morgan fingerprint density at radius 3 is 2.19 bits per heavy atom. The van der Waals surface area contributed by atoms with E-state index in [9.17, 15) is 0 Å². The number of nitrogens with two attached hydrogens (primary N) is 2. The standard InChI is InChI=1S/C14H16N2/c1-9-8-12(15)14(16)13(10(9)2)11-6-4-3-5-7-11/h3-8H,15-16H2,1-2H3. The van der Waals surface area contributed by atoms with Crippen LogP contribution in [0.15, 0.2) is 36.4 Å². The monoisotopic (exact) mass is 212 g/mol. The molecule has 82 valence electrons. The molecule has 2 nitrogen and oxygen atoms in total. The molecular weight excluding hydrogens is 196 g/mol. The Kier molecular flexibility index (Phi) is 2.57. The minimum Gasteiger partial charge on any atom is -0.397 e. The molecule has 0 amide bonds. The summed E-state index contributed by atoms with van der Waals surface area (Å²) < 4.78 is 0. The van der Waals surface area contributed by atoms with Crippen LogP contribution in [0.3, 0.4) is 0 Å². The molecule has 0 saturated heterocycles. The number of aryl methyl sites for hydroxylation is 1. The number of hydrogen-bond acceptors (Lipinski definition) is 2. The van der Waals surface area contributed by atoms with Crippen LogP contribution in [0.25, 0.3) is 11.1 Å².